The molecule has 1 fully saturated rings. The van der Waals surface area contributed by atoms with Crippen molar-refractivity contribution in [3.63, 3.8) is 0 Å². The molecule has 0 spiro atoms. The molecule has 0 saturated carbocycles. The lowest BCUT2D eigenvalue weighted by Crippen LogP contribution is -2.48. The Balaban J connectivity index is 2.13. The van der Waals surface area contributed by atoms with Crippen LogP contribution in [-0.4, -0.2) is 41.4 Å². The Morgan fingerprint density at radius 3 is 2.26 bits per heavy atom. The summed E-state index contributed by atoms with van der Waals surface area (Å²) in [6, 6.07) is 0. The minimum atomic E-state index is -1.62. The number of alkyl halides is 3. The molecule has 1 saturated heterocycles. The van der Waals surface area contributed by atoms with Gasteiger partial charge in [0.25, 0.3) is 0 Å². The minimum Gasteiger partial charge on any atom is -0.357 e. The average molecular weight is 363 g/mol. The predicted octanol–water partition coefficient (Wildman–Crippen LogP) is 3.29. The van der Waals surface area contributed by atoms with Crippen molar-refractivity contribution < 1.29 is 4.79 Å². The molecule has 2 rings (SSSR count). The molecule has 4 nitrogen and oxygen atoms in total. The molecule has 0 N–H and O–H groups in total. The maximum Gasteiger partial charge on any atom is 0.235 e. The van der Waals surface area contributed by atoms with Crippen LogP contribution in [0.25, 0.3) is 0 Å². The van der Waals surface area contributed by atoms with E-state index in [1.54, 1.807) is 11.8 Å². The van der Waals surface area contributed by atoms with Crippen molar-refractivity contribution >= 4 is 68.8 Å². The van der Waals surface area contributed by atoms with Crippen molar-refractivity contribution in [2.75, 3.05) is 31.1 Å². The third-order valence-electron chi connectivity index (χ3n) is 2.90. The van der Waals surface area contributed by atoms with Crippen LogP contribution in [-0.2, 0) is 8.59 Å². The molecule has 1 aliphatic heterocycles. The van der Waals surface area contributed by atoms with Gasteiger partial charge in [0, 0.05) is 33.1 Å². The van der Waals surface area contributed by atoms with Crippen molar-refractivity contribution in [2.45, 2.75) is 10.7 Å². The molecular weight excluding hydrogens is 352 g/mol. The normalized spacial score (nSPS) is 16.9. The highest BCUT2D eigenvalue weighted by molar-refractivity contribution is 7.11. The van der Waals surface area contributed by atoms with Crippen molar-refractivity contribution in [3.05, 3.63) is 10.7 Å². The number of hydrogen-bond acceptors (Lipinski definition) is 4. The first-order valence-electron chi connectivity index (χ1n) is 5.53. The van der Waals surface area contributed by atoms with Crippen LogP contribution in [0.3, 0.4) is 0 Å². The molecule has 0 aromatic carbocycles. The number of anilines is 1. The Labute approximate surface area is 135 Å². The summed E-state index contributed by atoms with van der Waals surface area (Å²) in [5.74, 6) is 0.0806. The van der Waals surface area contributed by atoms with Gasteiger partial charge in [0.15, 0.2) is 0 Å². The highest BCUT2D eigenvalue weighted by Crippen LogP contribution is 2.46. The van der Waals surface area contributed by atoms with Gasteiger partial charge >= 0.3 is 0 Å². The largest absolute Gasteiger partial charge is 0.357 e. The number of aromatic nitrogens is 1. The summed E-state index contributed by atoms with van der Waals surface area (Å²) in [7, 11) is 0. The molecule has 1 aromatic rings. The fourth-order valence-corrected chi connectivity index (χ4v) is 3.91. The monoisotopic (exact) mass is 361 g/mol. The van der Waals surface area contributed by atoms with Crippen LogP contribution >= 0.6 is 57.9 Å². The van der Waals surface area contributed by atoms with E-state index in [1.165, 1.54) is 11.5 Å². The first-order chi connectivity index (χ1) is 8.80. The highest BCUT2D eigenvalue weighted by atomic mass is 35.6. The molecule has 2 heterocycles. The van der Waals surface area contributed by atoms with Gasteiger partial charge < -0.3 is 9.80 Å². The Morgan fingerprint density at radius 2 is 1.84 bits per heavy atom. The van der Waals surface area contributed by atoms with Crippen LogP contribution in [0.1, 0.15) is 12.6 Å². The molecule has 1 amide bonds. The van der Waals surface area contributed by atoms with Gasteiger partial charge in [0.2, 0.25) is 9.70 Å². The number of halogens is 4. The van der Waals surface area contributed by atoms with Gasteiger partial charge in [-0.25, -0.2) is 0 Å². The SMILES string of the molecule is CC(=O)N1CCN(c2snc(C(Cl)(Cl)Cl)c2Cl)CC1. The van der Waals surface area contributed by atoms with Gasteiger partial charge in [-0.2, -0.15) is 4.37 Å². The number of amides is 1. The van der Waals surface area contributed by atoms with E-state index in [0.29, 0.717) is 31.2 Å². The minimum absolute atomic E-state index is 0.0806. The van der Waals surface area contributed by atoms with E-state index in [-0.39, 0.29) is 11.6 Å². The van der Waals surface area contributed by atoms with E-state index in [1.807, 2.05) is 0 Å². The van der Waals surface area contributed by atoms with Crippen molar-refractivity contribution in [3.8, 4) is 0 Å². The number of hydrogen-bond donors (Lipinski definition) is 0. The van der Waals surface area contributed by atoms with E-state index in [4.69, 9.17) is 46.4 Å². The van der Waals surface area contributed by atoms with Crippen LogP contribution in [0.2, 0.25) is 5.02 Å². The zero-order valence-electron chi connectivity index (χ0n) is 10.00. The van der Waals surface area contributed by atoms with Crippen molar-refractivity contribution in [1.82, 2.24) is 9.27 Å². The zero-order valence-corrected chi connectivity index (χ0v) is 13.8. The van der Waals surface area contributed by atoms with Gasteiger partial charge in [-0.15, -0.1) is 0 Å². The van der Waals surface area contributed by atoms with Crippen molar-refractivity contribution in [2.24, 2.45) is 0 Å². The average Bonchev–Trinajstić information content (AvgIpc) is 2.71. The number of nitrogens with zero attached hydrogens (tertiary/aromatic N) is 3. The summed E-state index contributed by atoms with van der Waals surface area (Å²) in [5, 5.41) is 1.16. The van der Waals surface area contributed by atoms with Gasteiger partial charge in [-0.1, -0.05) is 46.4 Å². The molecular formula is C10H11Cl4N3OS. The molecule has 0 radical (unpaired) electrons. The fourth-order valence-electron chi connectivity index (χ4n) is 1.87. The van der Waals surface area contributed by atoms with E-state index < -0.39 is 3.79 Å². The standard InChI is InChI=1S/C10H11Cl4N3OS/c1-6(18)16-2-4-17(5-3-16)9-7(11)8(15-19-9)10(12,13)14/h2-5H2,1H3. The summed E-state index contributed by atoms with van der Waals surface area (Å²) in [6.45, 7) is 4.27. The first-order valence-corrected chi connectivity index (χ1v) is 7.82. The van der Waals surface area contributed by atoms with E-state index in [9.17, 15) is 4.79 Å². The molecule has 106 valence electrons. The third-order valence-corrected chi connectivity index (χ3v) is 4.82. The molecule has 9 heteroatoms. The number of carbonyl (C=O) groups excluding carboxylic acids is 1. The lowest BCUT2D eigenvalue weighted by atomic mass is 10.3. The van der Waals surface area contributed by atoms with Gasteiger partial charge in [0.1, 0.15) is 15.7 Å². The van der Waals surface area contributed by atoms with E-state index in [0.717, 1.165) is 5.00 Å². The number of piperazine rings is 1. The quantitative estimate of drug-likeness (QED) is 0.719. The highest BCUT2D eigenvalue weighted by Gasteiger charge is 2.33. The molecule has 0 aliphatic carbocycles. The second kappa shape index (κ2) is 5.82. The Morgan fingerprint density at radius 1 is 1.26 bits per heavy atom. The predicted molar refractivity (Wildman–Crippen MR) is 80.8 cm³/mol. The summed E-state index contributed by atoms with van der Waals surface area (Å²) < 4.78 is 2.49. The molecule has 0 unspecified atom stereocenters. The maximum atomic E-state index is 11.3. The van der Waals surface area contributed by atoms with Gasteiger partial charge in [0.05, 0.1) is 0 Å². The molecule has 0 atom stereocenters. The second-order valence-corrected chi connectivity index (χ2v) is 7.55. The lowest BCUT2D eigenvalue weighted by molar-refractivity contribution is -0.129. The van der Waals surface area contributed by atoms with E-state index in [2.05, 4.69) is 9.27 Å². The summed E-state index contributed by atoms with van der Waals surface area (Å²) in [4.78, 5) is 15.1. The first kappa shape index (κ1) is 15.4. The topological polar surface area (TPSA) is 36.4 Å². The summed E-state index contributed by atoms with van der Waals surface area (Å²) in [5.41, 5.74) is 0.258. The molecule has 0 bridgehead atoms. The zero-order chi connectivity index (χ0) is 14.2. The smallest absolute Gasteiger partial charge is 0.235 e. The Kier molecular flexibility index (Phi) is 4.73. The van der Waals surface area contributed by atoms with Gasteiger partial charge in [-0.05, 0) is 11.5 Å². The maximum absolute atomic E-state index is 11.3. The number of carbonyl (C=O) groups is 1. The van der Waals surface area contributed by atoms with Gasteiger partial charge in [-0.3, -0.25) is 4.79 Å². The third kappa shape index (κ3) is 3.39. The van der Waals surface area contributed by atoms with Crippen LogP contribution in [0.5, 0.6) is 0 Å². The lowest BCUT2D eigenvalue weighted by Gasteiger charge is -2.34. The van der Waals surface area contributed by atoms with Crippen molar-refractivity contribution in [1.29, 1.82) is 0 Å². The Bertz CT molecular complexity index is 480. The Hall–Kier alpha value is 0.0600. The molecule has 19 heavy (non-hydrogen) atoms. The fraction of sp³-hybridized carbons (Fsp3) is 0.600. The summed E-state index contributed by atoms with van der Waals surface area (Å²) in [6.07, 6.45) is 0. The van der Waals surface area contributed by atoms with Crippen LogP contribution in [0.4, 0.5) is 5.00 Å². The van der Waals surface area contributed by atoms with Crippen LogP contribution in [0, 0.1) is 0 Å². The van der Waals surface area contributed by atoms with Crippen LogP contribution < -0.4 is 4.90 Å². The summed E-state index contributed by atoms with van der Waals surface area (Å²) >= 11 is 24.8. The number of rotatable bonds is 1. The van der Waals surface area contributed by atoms with Crippen LogP contribution in [0.15, 0.2) is 0 Å². The molecule has 1 aromatic heterocycles. The van der Waals surface area contributed by atoms with E-state index >= 15 is 0 Å². The molecule has 1 aliphatic rings. The second-order valence-electron chi connectivity index (χ2n) is 4.14.